The largest absolute Gasteiger partial charge is 0.466 e. The molecule has 41 heavy (non-hydrogen) atoms. The van der Waals surface area contributed by atoms with Crippen LogP contribution in [0.1, 0.15) is 41.3 Å². The number of amides is 3. The average Bonchev–Trinajstić information content (AvgIpc) is 3.36. The van der Waals surface area contributed by atoms with E-state index in [2.05, 4.69) is 10.3 Å². The smallest absolute Gasteiger partial charge is 0.309 e. The number of ether oxygens (including phenoxy) is 2. The van der Waals surface area contributed by atoms with Crippen molar-refractivity contribution in [1.29, 1.82) is 0 Å². The van der Waals surface area contributed by atoms with Gasteiger partial charge in [-0.3, -0.25) is 24.2 Å². The lowest BCUT2D eigenvalue weighted by atomic mass is 9.96. The Morgan fingerprint density at radius 1 is 1.17 bits per heavy atom. The van der Waals surface area contributed by atoms with Crippen LogP contribution in [0.15, 0.2) is 47.5 Å². The summed E-state index contributed by atoms with van der Waals surface area (Å²) in [5.41, 5.74) is 8.78. The molecule has 12 heteroatoms. The van der Waals surface area contributed by atoms with Gasteiger partial charge in [0.15, 0.2) is 12.2 Å². The Bertz CT molecular complexity index is 1390. The van der Waals surface area contributed by atoms with E-state index >= 15 is 0 Å². The van der Waals surface area contributed by atoms with Crippen molar-refractivity contribution >= 4 is 40.9 Å². The van der Waals surface area contributed by atoms with Crippen LogP contribution in [0.2, 0.25) is 0 Å². The van der Waals surface area contributed by atoms with E-state index in [0.717, 1.165) is 11.1 Å². The number of nitrogens with two attached hydrogens (primary N) is 1. The molecule has 3 aliphatic heterocycles. The number of aliphatic hydroxyl groups excluding tert-OH is 1. The van der Waals surface area contributed by atoms with Gasteiger partial charge < -0.3 is 35.4 Å². The minimum atomic E-state index is -1.76. The van der Waals surface area contributed by atoms with E-state index in [1.807, 2.05) is 0 Å². The van der Waals surface area contributed by atoms with Gasteiger partial charge in [-0.05, 0) is 61.7 Å². The first-order valence-electron chi connectivity index (χ1n) is 13.7. The van der Waals surface area contributed by atoms with Crippen molar-refractivity contribution in [3.05, 3.63) is 59.2 Å². The molecule has 0 aliphatic carbocycles. The molecule has 0 saturated carbocycles. The Morgan fingerprint density at radius 2 is 1.95 bits per heavy atom. The first-order chi connectivity index (χ1) is 19.8. The van der Waals surface area contributed by atoms with Crippen molar-refractivity contribution in [2.24, 2.45) is 16.6 Å². The molecule has 2 unspecified atom stereocenters. The molecular formula is C29H33N5O7. The quantitative estimate of drug-likeness (QED) is 0.421. The summed E-state index contributed by atoms with van der Waals surface area (Å²) in [5, 5.41) is 13.4. The summed E-state index contributed by atoms with van der Waals surface area (Å²) in [6, 6.07) is 11.8. The first kappa shape index (κ1) is 28.2. The highest BCUT2D eigenvalue weighted by Gasteiger charge is 2.39. The molecule has 2 aromatic rings. The normalized spacial score (nSPS) is 19.8. The first-order valence-corrected chi connectivity index (χ1v) is 13.7. The molecule has 3 amide bonds. The van der Waals surface area contributed by atoms with E-state index in [1.54, 1.807) is 54.3 Å². The molecule has 3 heterocycles. The zero-order chi connectivity index (χ0) is 29.1. The second-order valence-corrected chi connectivity index (χ2v) is 10.2. The minimum absolute atomic E-state index is 0.0930. The molecule has 2 aromatic carbocycles. The van der Waals surface area contributed by atoms with Crippen LogP contribution in [0.4, 0.5) is 11.4 Å². The van der Waals surface area contributed by atoms with Crippen molar-refractivity contribution in [2.75, 3.05) is 43.1 Å². The average molecular weight is 564 g/mol. The molecule has 5 rings (SSSR count). The van der Waals surface area contributed by atoms with Crippen molar-refractivity contribution in [3.63, 3.8) is 0 Å². The summed E-state index contributed by atoms with van der Waals surface area (Å²) < 4.78 is 10.6. The standard InChI is InChI=1S/C29H33N5O7/c1-2-40-29(39)17-8-10-33(11-9-17)27(37)18-4-3-5-21(15-18)34-12-13-41-24(28(34)38)23(35)26(36)32-20-6-7-22-19(14-20)16-31-25(22)30/h3-7,14-15,17,23-24,35H,2,8-13,16H2,1H3,(H2,30,31)(H,32,36). The maximum absolute atomic E-state index is 13.3. The fraction of sp³-hybridized carbons (Fsp3) is 0.414. The van der Waals surface area contributed by atoms with E-state index in [1.165, 1.54) is 4.90 Å². The highest BCUT2D eigenvalue weighted by Crippen LogP contribution is 2.26. The van der Waals surface area contributed by atoms with Gasteiger partial charge in [-0.2, -0.15) is 0 Å². The van der Waals surface area contributed by atoms with E-state index in [0.29, 0.717) is 61.9 Å². The molecule has 4 N–H and O–H groups in total. The van der Waals surface area contributed by atoms with Crippen molar-refractivity contribution in [3.8, 4) is 0 Å². The van der Waals surface area contributed by atoms with Crippen LogP contribution in [-0.4, -0.2) is 84.6 Å². The lowest BCUT2D eigenvalue weighted by molar-refractivity contribution is -0.150. The molecule has 2 saturated heterocycles. The zero-order valence-electron chi connectivity index (χ0n) is 22.7. The summed E-state index contributed by atoms with van der Waals surface area (Å²) in [6.45, 7) is 3.64. The summed E-state index contributed by atoms with van der Waals surface area (Å²) >= 11 is 0. The Balaban J connectivity index is 1.22. The SMILES string of the molecule is CCOC(=O)C1CCN(C(=O)c2cccc(N3CCOC(C(O)C(=O)Nc4ccc5c(c4)CN=C5N)C3=O)c2)CC1. The third-order valence-corrected chi connectivity index (χ3v) is 7.55. The van der Waals surface area contributed by atoms with Crippen LogP contribution < -0.4 is 16.0 Å². The number of rotatable bonds is 7. The topological polar surface area (TPSA) is 164 Å². The van der Waals surface area contributed by atoms with Crippen LogP contribution in [0, 0.1) is 5.92 Å². The number of hydrogen-bond donors (Lipinski definition) is 3. The van der Waals surface area contributed by atoms with E-state index < -0.39 is 24.0 Å². The molecule has 216 valence electrons. The number of esters is 1. The van der Waals surface area contributed by atoms with Gasteiger partial charge >= 0.3 is 5.97 Å². The Kier molecular flexibility index (Phi) is 8.31. The van der Waals surface area contributed by atoms with Crippen LogP contribution in [0.25, 0.3) is 0 Å². The summed E-state index contributed by atoms with van der Waals surface area (Å²) in [5.74, 6) is -1.59. The molecule has 0 radical (unpaired) electrons. The number of nitrogens with zero attached hydrogens (tertiary/aromatic N) is 3. The molecule has 2 atom stereocenters. The van der Waals surface area contributed by atoms with Crippen molar-refractivity contribution < 1.29 is 33.8 Å². The Morgan fingerprint density at radius 3 is 2.71 bits per heavy atom. The summed E-state index contributed by atoms with van der Waals surface area (Å²) in [4.78, 5) is 58.7. The number of morpholine rings is 1. The third-order valence-electron chi connectivity index (χ3n) is 7.55. The van der Waals surface area contributed by atoms with Gasteiger partial charge in [0.2, 0.25) is 0 Å². The van der Waals surface area contributed by atoms with Crippen LogP contribution in [0.3, 0.4) is 0 Å². The number of amidine groups is 1. The number of anilines is 2. The fourth-order valence-corrected chi connectivity index (χ4v) is 5.32. The second kappa shape index (κ2) is 12.1. The summed E-state index contributed by atoms with van der Waals surface area (Å²) in [7, 11) is 0. The molecule has 0 bridgehead atoms. The number of carbonyl (C=O) groups excluding carboxylic acids is 4. The molecule has 3 aliphatic rings. The third kappa shape index (κ3) is 5.93. The Labute approximate surface area is 237 Å². The number of nitrogens with one attached hydrogen (secondary N) is 1. The number of likely N-dealkylation sites (tertiary alicyclic amines) is 1. The predicted octanol–water partition coefficient (Wildman–Crippen LogP) is 1.05. The van der Waals surface area contributed by atoms with Gasteiger partial charge in [0.25, 0.3) is 17.7 Å². The van der Waals surface area contributed by atoms with Gasteiger partial charge in [-0.25, -0.2) is 0 Å². The second-order valence-electron chi connectivity index (χ2n) is 10.2. The van der Waals surface area contributed by atoms with E-state index in [4.69, 9.17) is 15.2 Å². The number of benzene rings is 2. The predicted molar refractivity (Wildman–Crippen MR) is 149 cm³/mol. The van der Waals surface area contributed by atoms with Crippen molar-refractivity contribution in [1.82, 2.24) is 4.90 Å². The van der Waals surface area contributed by atoms with E-state index in [9.17, 15) is 24.3 Å². The number of piperidine rings is 1. The van der Waals surface area contributed by atoms with E-state index in [-0.39, 0.29) is 30.9 Å². The molecule has 2 fully saturated rings. The molecular weight excluding hydrogens is 530 g/mol. The maximum Gasteiger partial charge on any atom is 0.309 e. The minimum Gasteiger partial charge on any atom is -0.466 e. The molecule has 0 aromatic heterocycles. The van der Waals surface area contributed by atoms with Gasteiger partial charge in [0.1, 0.15) is 5.84 Å². The number of aliphatic hydroxyl groups is 1. The monoisotopic (exact) mass is 563 g/mol. The highest BCUT2D eigenvalue weighted by atomic mass is 16.5. The Hall–Kier alpha value is -4.29. The number of aliphatic imine (C=N–C) groups is 1. The van der Waals surface area contributed by atoms with Crippen molar-refractivity contribution in [2.45, 2.75) is 38.5 Å². The fourth-order valence-electron chi connectivity index (χ4n) is 5.32. The lowest BCUT2D eigenvalue weighted by Gasteiger charge is -2.34. The number of carbonyl (C=O) groups is 4. The summed E-state index contributed by atoms with van der Waals surface area (Å²) in [6.07, 6.45) is -2.12. The van der Waals surface area contributed by atoms with Crippen LogP contribution >= 0.6 is 0 Å². The zero-order valence-corrected chi connectivity index (χ0v) is 22.7. The van der Waals surface area contributed by atoms with Gasteiger partial charge in [0.05, 0.1) is 25.7 Å². The van der Waals surface area contributed by atoms with Crippen LogP contribution in [0.5, 0.6) is 0 Å². The van der Waals surface area contributed by atoms with Gasteiger partial charge in [0, 0.05) is 42.1 Å². The molecule has 12 nitrogen and oxygen atoms in total. The van der Waals surface area contributed by atoms with Crippen LogP contribution in [-0.2, 0) is 30.4 Å². The maximum atomic E-state index is 13.3. The van der Waals surface area contributed by atoms with Gasteiger partial charge in [-0.15, -0.1) is 0 Å². The highest BCUT2D eigenvalue weighted by molar-refractivity contribution is 6.05. The number of hydrogen-bond acceptors (Lipinski definition) is 9. The lowest BCUT2D eigenvalue weighted by Crippen LogP contribution is -2.55. The molecule has 0 spiro atoms. The van der Waals surface area contributed by atoms with Gasteiger partial charge in [-0.1, -0.05) is 6.07 Å². The number of fused-ring (bicyclic) bond motifs is 1.